The van der Waals surface area contributed by atoms with Crippen molar-refractivity contribution in [3.05, 3.63) is 69.2 Å². The SMILES string of the molecule is Cc1ccccc1C(=O)OCC(=O)NCc1ccc(Cl)cc1Cl. The Hall–Kier alpha value is -2.04. The van der Waals surface area contributed by atoms with Crippen molar-refractivity contribution in [3.8, 4) is 0 Å². The molecule has 2 rings (SSSR count). The summed E-state index contributed by atoms with van der Waals surface area (Å²) >= 11 is 11.8. The van der Waals surface area contributed by atoms with Crippen LogP contribution in [0.1, 0.15) is 21.5 Å². The Kier molecular flexibility index (Phi) is 6.02. The number of rotatable bonds is 5. The van der Waals surface area contributed by atoms with Crippen molar-refractivity contribution in [2.75, 3.05) is 6.61 Å². The van der Waals surface area contributed by atoms with Gasteiger partial charge in [-0.05, 0) is 36.2 Å². The van der Waals surface area contributed by atoms with Crippen LogP contribution < -0.4 is 5.32 Å². The fourth-order valence-corrected chi connectivity index (χ4v) is 2.40. The maximum Gasteiger partial charge on any atom is 0.338 e. The molecule has 0 aliphatic heterocycles. The van der Waals surface area contributed by atoms with E-state index in [0.717, 1.165) is 11.1 Å². The highest BCUT2D eigenvalue weighted by Crippen LogP contribution is 2.20. The van der Waals surface area contributed by atoms with Crippen molar-refractivity contribution in [3.63, 3.8) is 0 Å². The number of hydrogen-bond acceptors (Lipinski definition) is 3. The van der Waals surface area contributed by atoms with Gasteiger partial charge in [0.05, 0.1) is 5.56 Å². The quantitative estimate of drug-likeness (QED) is 0.834. The van der Waals surface area contributed by atoms with E-state index >= 15 is 0 Å². The van der Waals surface area contributed by atoms with Crippen LogP contribution >= 0.6 is 23.2 Å². The van der Waals surface area contributed by atoms with Gasteiger partial charge in [-0.2, -0.15) is 0 Å². The van der Waals surface area contributed by atoms with E-state index < -0.39 is 11.9 Å². The predicted molar refractivity (Wildman–Crippen MR) is 89.8 cm³/mol. The molecule has 0 saturated carbocycles. The number of hydrogen-bond donors (Lipinski definition) is 1. The van der Waals surface area contributed by atoms with Crippen LogP contribution in [0.25, 0.3) is 0 Å². The number of nitrogens with one attached hydrogen (secondary N) is 1. The molecule has 120 valence electrons. The summed E-state index contributed by atoms with van der Waals surface area (Å²) in [5.74, 6) is -0.930. The molecular weight excluding hydrogens is 337 g/mol. The van der Waals surface area contributed by atoms with Gasteiger partial charge in [0, 0.05) is 16.6 Å². The molecule has 23 heavy (non-hydrogen) atoms. The first kappa shape index (κ1) is 17.3. The summed E-state index contributed by atoms with van der Waals surface area (Å²) < 4.78 is 5.00. The van der Waals surface area contributed by atoms with Gasteiger partial charge in [0.1, 0.15) is 0 Å². The highest BCUT2D eigenvalue weighted by atomic mass is 35.5. The van der Waals surface area contributed by atoms with Crippen molar-refractivity contribution >= 4 is 35.1 Å². The monoisotopic (exact) mass is 351 g/mol. The second-order valence-corrected chi connectivity index (χ2v) is 5.75. The predicted octanol–water partition coefficient (Wildman–Crippen LogP) is 3.78. The zero-order valence-corrected chi connectivity index (χ0v) is 13.9. The van der Waals surface area contributed by atoms with E-state index in [2.05, 4.69) is 5.32 Å². The van der Waals surface area contributed by atoms with Gasteiger partial charge in [-0.1, -0.05) is 47.5 Å². The van der Waals surface area contributed by atoms with E-state index in [-0.39, 0.29) is 13.2 Å². The first-order chi connectivity index (χ1) is 11.0. The maximum atomic E-state index is 11.9. The molecule has 0 aliphatic rings. The van der Waals surface area contributed by atoms with Gasteiger partial charge < -0.3 is 10.1 Å². The van der Waals surface area contributed by atoms with E-state index in [4.69, 9.17) is 27.9 Å². The van der Waals surface area contributed by atoms with E-state index in [1.54, 1.807) is 43.3 Å². The lowest BCUT2D eigenvalue weighted by Crippen LogP contribution is -2.28. The summed E-state index contributed by atoms with van der Waals surface area (Å²) in [6.07, 6.45) is 0. The van der Waals surface area contributed by atoms with Crippen molar-refractivity contribution in [1.82, 2.24) is 5.32 Å². The molecule has 0 heterocycles. The van der Waals surface area contributed by atoms with Gasteiger partial charge in [-0.15, -0.1) is 0 Å². The average Bonchev–Trinajstić information content (AvgIpc) is 2.52. The fraction of sp³-hybridized carbons (Fsp3) is 0.176. The van der Waals surface area contributed by atoms with Gasteiger partial charge in [-0.25, -0.2) is 4.79 Å². The van der Waals surface area contributed by atoms with Crippen molar-refractivity contribution < 1.29 is 14.3 Å². The van der Waals surface area contributed by atoms with Gasteiger partial charge >= 0.3 is 5.97 Å². The summed E-state index contributed by atoms with van der Waals surface area (Å²) in [7, 11) is 0. The zero-order chi connectivity index (χ0) is 16.8. The second kappa shape index (κ2) is 7.99. The van der Waals surface area contributed by atoms with Crippen LogP contribution in [0.4, 0.5) is 0 Å². The molecule has 0 atom stereocenters. The smallest absolute Gasteiger partial charge is 0.338 e. The molecule has 1 amide bonds. The maximum absolute atomic E-state index is 11.9. The normalized spacial score (nSPS) is 10.2. The largest absolute Gasteiger partial charge is 0.452 e. The molecule has 0 aromatic heterocycles. The molecule has 0 bridgehead atoms. The number of ether oxygens (including phenoxy) is 1. The Morgan fingerprint density at radius 1 is 1.13 bits per heavy atom. The van der Waals surface area contributed by atoms with Crippen LogP contribution in [0.5, 0.6) is 0 Å². The van der Waals surface area contributed by atoms with Crippen molar-refractivity contribution in [2.24, 2.45) is 0 Å². The van der Waals surface area contributed by atoms with Crippen LogP contribution in [0.2, 0.25) is 10.0 Å². The molecule has 0 spiro atoms. The van der Waals surface area contributed by atoms with Crippen LogP contribution in [-0.2, 0) is 16.1 Å². The first-order valence-corrected chi connectivity index (χ1v) is 7.66. The Labute approximate surface area is 144 Å². The number of aryl methyl sites for hydroxylation is 1. The molecule has 0 fully saturated rings. The third-order valence-corrected chi connectivity index (χ3v) is 3.78. The molecule has 2 aromatic carbocycles. The third-order valence-electron chi connectivity index (χ3n) is 3.19. The van der Waals surface area contributed by atoms with Crippen LogP contribution in [0.15, 0.2) is 42.5 Å². The number of esters is 1. The highest BCUT2D eigenvalue weighted by molar-refractivity contribution is 6.35. The van der Waals surface area contributed by atoms with Gasteiger partial charge in [0.15, 0.2) is 6.61 Å². The fourth-order valence-electron chi connectivity index (χ4n) is 1.92. The highest BCUT2D eigenvalue weighted by Gasteiger charge is 2.12. The second-order valence-electron chi connectivity index (χ2n) is 4.90. The molecule has 6 heteroatoms. The topological polar surface area (TPSA) is 55.4 Å². The van der Waals surface area contributed by atoms with E-state index in [1.807, 2.05) is 6.07 Å². The standard InChI is InChI=1S/C17H15Cl2NO3/c1-11-4-2-3-5-14(11)17(22)23-10-16(21)20-9-12-6-7-13(18)8-15(12)19/h2-8H,9-10H2,1H3,(H,20,21). The van der Waals surface area contributed by atoms with Crippen molar-refractivity contribution in [2.45, 2.75) is 13.5 Å². The summed E-state index contributed by atoms with van der Waals surface area (Å²) in [5.41, 5.74) is 1.97. The Bertz CT molecular complexity index is 732. The third kappa shape index (κ3) is 4.98. The molecule has 2 aromatic rings. The summed E-state index contributed by atoms with van der Waals surface area (Å²) in [4.78, 5) is 23.7. The Morgan fingerprint density at radius 2 is 1.87 bits per heavy atom. The van der Waals surface area contributed by atoms with Gasteiger partial charge in [-0.3, -0.25) is 4.79 Å². The minimum Gasteiger partial charge on any atom is -0.452 e. The van der Waals surface area contributed by atoms with Crippen molar-refractivity contribution in [1.29, 1.82) is 0 Å². The summed E-state index contributed by atoms with van der Waals surface area (Å²) in [6, 6.07) is 12.0. The lowest BCUT2D eigenvalue weighted by molar-refractivity contribution is -0.124. The summed E-state index contributed by atoms with van der Waals surface area (Å²) in [5, 5.41) is 3.63. The van der Waals surface area contributed by atoms with E-state index in [1.165, 1.54) is 0 Å². The number of halogens is 2. The van der Waals surface area contributed by atoms with Gasteiger partial charge in [0.25, 0.3) is 5.91 Å². The number of amides is 1. The molecule has 0 radical (unpaired) electrons. The molecular formula is C17H15Cl2NO3. The first-order valence-electron chi connectivity index (χ1n) is 6.91. The number of benzene rings is 2. The minimum absolute atomic E-state index is 0.233. The average molecular weight is 352 g/mol. The number of carbonyl (C=O) groups excluding carboxylic acids is 2. The zero-order valence-electron chi connectivity index (χ0n) is 12.4. The summed E-state index contributed by atoms with van der Waals surface area (Å²) in [6.45, 7) is 1.69. The Balaban J connectivity index is 1.83. The van der Waals surface area contributed by atoms with Gasteiger partial charge in [0.2, 0.25) is 0 Å². The molecule has 4 nitrogen and oxygen atoms in total. The van der Waals surface area contributed by atoms with Crippen LogP contribution in [0.3, 0.4) is 0 Å². The minimum atomic E-state index is -0.525. The molecule has 0 aliphatic carbocycles. The van der Waals surface area contributed by atoms with E-state index in [0.29, 0.717) is 15.6 Å². The molecule has 0 unspecified atom stereocenters. The van der Waals surface area contributed by atoms with E-state index in [9.17, 15) is 9.59 Å². The van der Waals surface area contributed by atoms with Crippen LogP contribution in [0, 0.1) is 6.92 Å². The molecule has 0 saturated heterocycles. The lowest BCUT2D eigenvalue weighted by atomic mass is 10.1. The van der Waals surface area contributed by atoms with Crippen LogP contribution in [-0.4, -0.2) is 18.5 Å². The lowest BCUT2D eigenvalue weighted by Gasteiger charge is -2.09. The molecule has 1 N–H and O–H groups in total. The Morgan fingerprint density at radius 3 is 2.57 bits per heavy atom. The number of carbonyl (C=O) groups is 2.